The second-order valence-corrected chi connectivity index (χ2v) is 7.18. The summed E-state index contributed by atoms with van der Waals surface area (Å²) in [5.41, 5.74) is 2.18. The van der Waals surface area contributed by atoms with Gasteiger partial charge in [0.25, 0.3) is 0 Å². The predicted molar refractivity (Wildman–Crippen MR) is 98.4 cm³/mol. The van der Waals surface area contributed by atoms with Crippen molar-refractivity contribution in [1.82, 2.24) is 19.9 Å². The molecular weight excluding hydrogens is 344 g/mol. The smallest absolute Gasteiger partial charge is 0.220 e. The molecule has 4 rings (SSSR count). The van der Waals surface area contributed by atoms with Crippen LogP contribution in [0.4, 0.5) is 0 Å². The first kappa shape index (κ1) is 17.6. The van der Waals surface area contributed by atoms with Gasteiger partial charge in [-0.05, 0) is 37.1 Å². The minimum absolute atomic E-state index is 0.0456. The predicted octanol–water partition coefficient (Wildman–Crippen LogP) is 2.72. The highest BCUT2D eigenvalue weighted by Gasteiger charge is 2.24. The van der Waals surface area contributed by atoms with Crippen molar-refractivity contribution in [3.63, 3.8) is 0 Å². The number of carbonyl (C=O) groups excluding carboxylic acids is 1. The number of nitrogens with zero attached hydrogens (tertiary/aromatic N) is 3. The summed E-state index contributed by atoms with van der Waals surface area (Å²) in [5, 5.41) is 7.07. The highest BCUT2D eigenvalue weighted by Crippen LogP contribution is 2.21. The molecule has 0 unspecified atom stereocenters. The van der Waals surface area contributed by atoms with E-state index in [1.807, 2.05) is 25.1 Å². The third-order valence-corrected chi connectivity index (χ3v) is 4.86. The molecule has 1 aliphatic heterocycles. The van der Waals surface area contributed by atoms with Crippen LogP contribution in [0.5, 0.6) is 0 Å². The maximum absolute atomic E-state index is 12.4. The van der Waals surface area contributed by atoms with Crippen LogP contribution in [0.3, 0.4) is 0 Å². The molecule has 1 atom stereocenters. The Labute approximate surface area is 157 Å². The third-order valence-electron chi connectivity index (χ3n) is 4.86. The van der Waals surface area contributed by atoms with Crippen LogP contribution in [-0.4, -0.2) is 27.1 Å². The minimum atomic E-state index is 0.0456. The number of carbonyl (C=O) groups is 1. The molecule has 0 saturated carbocycles. The summed E-state index contributed by atoms with van der Waals surface area (Å²) >= 11 is 0. The van der Waals surface area contributed by atoms with Gasteiger partial charge in [-0.2, -0.15) is 0 Å². The molecular formula is C20H24N4O3. The summed E-state index contributed by atoms with van der Waals surface area (Å²) in [5.74, 6) is 1.85. The molecule has 3 aromatic heterocycles. The zero-order valence-corrected chi connectivity index (χ0v) is 15.4. The number of aryl methyl sites for hydroxylation is 1. The standard InChI is InChI=1S/C20H24N4O3/c1-15-8-17(22-27-15)13-23-11-16(12-24-6-2-4-18(24)14-23)9-20(25)21-10-19-5-3-7-26-19/h2-8,16H,9-14H2,1H3,(H,21,25)/t16-/m1/s1. The van der Waals surface area contributed by atoms with E-state index in [1.54, 1.807) is 6.26 Å². The fraction of sp³-hybridized carbons (Fsp3) is 0.400. The van der Waals surface area contributed by atoms with E-state index in [4.69, 9.17) is 8.94 Å². The molecule has 0 spiro atoms. The zero-order valence-electron chi connectivity index (χ0n) is 15.4. The Hall–Kier alpha value is -2.80. The van der Waals surface area contributed by atoms with Crippen molar-refractivity contribution in [1.29, 1.82) is 0 Å². The second-order valence-electron chi connectivity index (χ2n) is 7.18. The molecule has 4 heterocycles. The molecule has 27 heavy (non-hydrogen) atoms. The summed E-state index contributed by atoms with van der Waals surface area (Å²) < 4.78 is 12.7. The molecule has 0 radical (unpaired) electrons. The molecule has 142 valence electrons. The number of furan rings is 1. The molecule has 1 N–H and O–H groups in total. The largest absolute Gasteiger partial charge is 0.467 e. The first-order valence-electron chi connectivity index (χ1n) is 9.23. The van der Waals surface area contributed by atoms with E-state index >= 15 is 0 Å². The number of rotatable bonds is 6. The van der Waals surface area contributed by atoms with Crippen LogP contribution in [0.1, 0.15) is 29.3 Å². The van der Waals surface area contributed by atoms with Gasteiger partial charge < -0.3 is 18.8 Å². The average molecular weight is 368 g/mol. The fourth-order valence-electron chi connectivity index (χ4n) is 3.67. The average Bonchev–Trinajstić information content (AvgIpc) is 3.36. The Morgan fingerprint density at radius 1 is 1.33 bits per heavy atom. The molecule has 0 aromatic carbocycles. The second kappa shape index (κ2) is 7.84. The van der Waals surface area contributed by atoms with E-state index in [0.29, 0.717) is 19.5 Å². The maximum atomic E-state index is 12.4. The summed E-state index contributed by atoms with van der Waals surface area (Å²) in [6.45, 7) is 5.55. The van der Waals surface area contributed by atoms with Gasteiger partial charge in [-0.25, -0.2) is 0 Å². The van der Waals surface area contributed by atoms with Gasteiger partial charge >= 0.3 is 0 Å². The zero-order chi connectivity index (χ0) is 18.6. The normalized spacial score (nSPS) is 17.4. The maximum Gasteiger partial charge on any atom is 0.220 e. The topological polar surface area (TPSA) is 76.4 Å². The SMILES string of the molecule is Cc1cc(CN2Cc3cccn3C[C@H](CC(=O)NCc3ccco3)C2)no1. The van der Waals surface area contributed by atoms with E-state index in [1.165, 1.54) is 5.69 Å². The molecule has 1 amide bonds. The summed E-state index contributed by atoms with van der Waals surface area (Å²) in [6, 6.07) is 9.85. The lowest BCUT2D eigenvalue weighted by Gasteiger charge is -2.22. The van der Waals surface area contributed by atoms with Gasteiger partial charge in [0.2, 0.25) is 5.91 Å². The summed E-state index contributed by atoms with van der Waals surface area (Å²) in [4.78, 5) is 14.8. The number of hydrogen-bond acceptors (Lipinski definition) is 5. The number of fused-ring (bicyclic) bond motifs is 1. The van der Waals surface area contributed by atoms with Crippen molar-refractivity contribution in [3.8, 4) is 0 Å². The van der Waals surface area contributed by atoms with Gasteiger partial charge in [0.15, 0.2) is 0 Å². The summed E-state index contributed by atoms with van der Waals surface area (Å²) in [6.07, 6.45) is 4.18. The number of amides is 1. The molecule has 3 aromatic rings. The lowest BCUT2D eigenvalue weighted by atomic mass is 10.0. The first-order chi connectivity index (χ1) is 13.2. The van der Waals surface area contributed by atoms with Gasteiger partial charge in [0.05, 0.1) is 18.5 Å². The van der Waals surface area contributed by atoms with Crippen LogP contribution in [0.2, 0.25) is 0 Å². The Morgan fingerprint density at radius 3 is 3.04 bits per heavy atom. The van der Waals surface area contributed by atoms with Gasteiger partial charge in [-0.3, -0.25) is 9.69 Å². The molecule has 7 heteroatoms. The van der Waals surface area contributed by atoms with Gasteiger partial charge in [0, 0.05) is 50.6 Å². The van der Waals surface area contributed by atoms with Crippen molar-refractivity contribution in [2.45, 2.75) is 39.5 Å². The van der Waals surface area contributed by atoms with Crippen LogP contribution in [-0.2, 0) is 31.0 Å². The van der Waals surface area contributed by atoms with Gasteiger partial charge in [0.1, 0.15) is 11.5 Å². The van der Waals surface area contributed by atoms with E-state index < -0.39 is 0 Å². The van der Waals surface area contributed by atoms with Crippen molar-refractivity contribution in [3.05, 3.63) is 65.7 Å². The van der Waals surface area contributed by atoms with Gasteiger partial charge in [-0.1, -0.05) is 5.16 Å². The Kier molecular flexibility index (Phi) is 5.11. The van der Waals surface area contributed by atoms with E-state index in [0.717, 1.165) is 36.8 Å². The van der Waals surface area contributed by atoms with E-state index in [2.05, 4.69) is 38.3 Å². The van der Waals surface area contributed by atoms with Crippen LogP contribution >= 0.6 is 0 Å². The Bertz CT molecular complexity index is 881. The number of aromatic nitrogens is 2. The monoisotopic (exact) mass is 368 g/mol. The Morgan fingerprint density at radius 2 is 2.26 bits per heavy atom. The number of hydrogen-bond donors (Lipinski definition) is 1. The highest BCUT2D eigenvalue weighted by atomic mass is 16.5. The molecule has 0 bridgehead atoms. The highest BCUT2D eigenvalue weighted by molar-refractivity contribution is 5.76. The van der Waals surface area contributed by atoms with Crippen molar-refractivity contribution in [2.75, 3.05) is 6.54 Å². The first-order valence-corrected chi connectivity index (χ1v) is 9.23. The third kappa shape index (κ3) is 4.49. The summed E-state index contributed by atoms with van der Waals surface area (Å²) in [7, 11) is 0. The fourth-order valence-corrected chi connectivity index (χ4v) is 3.67. The van der Waals surface area contributed by atoms with Crippen LogP contribution < -0.4 is 5.32 Å². The van der Waals surface area contributed by atoms with Crippen LogP contribution in [0.25, 0.3) is 0 Å². The van der Waals surface area contributed by atoms with Crippen molar-refractivity contribution < 1.29 is 13.7 Å². The van der Waals surface area contributed by atoms with Crippen molar-refractivity contribution in [2.24, 2.45) is 5.92 Å². The van der Waals surface area contributed by atoms with Gasteiger partial charge in [-0.15, -0.1) is 0 Å². The molecule has 0 fully saturated rings. The quantitative estimate of drug-likeness (QED) is 0.724. The minimum Gasteiger partial charge on any atom is -0.467 e. The lowest BCUT2D eigenvalue weighted by molar-refractivity contribution is -0.122. The number of nitrogens with one attached hydrogen (secondary N) is 1. The molecule has 0 aliphatic carbocycles. The van der Waals surface area contributed by atoms with Crippen molar-refractivity contribution >= 4 is 5.91 Å². The van der Waals surface area contributed by atoms with Crippen LogP contribution in [0, 0.1) is 12.8 Å². The van der Waals surface area contributed by atoms with Crippen LogP contribution in [0.15, 0.2) is 51.7 Å². The molecule has 1 aliphatic rings. The van der Waals surface area contributed by atoms with E-state index in [-0.39, 0.29) is 11.8 Å². The Balaban J connectivity index is 1.40. The van der Waals surface area contributed by atoms with E-state index in [9.17, 15) is 4.79 Å². The molecule has 7 nitrogen and oxygen atoms in total. The molecule has 0 saturated heterocycles. The lowest BCUT2D eigenvalue weighted by Crippen LogP contribution is -2.32.